The van der Waals surface area contributed by atoms with Gasteiger partial charge < -0.3 is 19.1 Å². The molecule has 0 spiro atoms. The number of nitrogens with one attached hydrogen (secondary N) is 3. The highest BCUT2D eigenvalue weighted by Crippen LogP contribution is 2.17. The van der Waals surface area contributed by atoms with Crippen LogP contribution in [0.1, 0.15) is 36.3 Å². The van der Waals surface area contributed by atoms with Crippen molar-refractivity contribution in [1.82, 2.24) is 34.8 Å². The minimum Gasteiger partial charge on any atom is -0.449 e. The number of hydrogen-bond donors (Lipinski definition) is 3. The molecule has 0 saturated heterocycles. The van der Waals surface area contributed by atoms with Gasteiger partial charge >= 0.3 is 18.3 Å². The molecule has 6 rings (SSSR count). The van der Waals surface area contributed by atoms with E-state index in [2.05, 4.69) is 50.8 Å². The van der Waals surface area contributed by atoms with Gasteiger partial charge in [0, 0.05) is 52.9 Å². The van der Waals surface area contributed by atoms with E-state index in [-0.39, 0.29) is 19.8 Å². The molecule has 0 unspecified atom stereocenters. The molecular formula is C39H42N10O6. The topological polar surface area (TPSA) is 196 Å². The Bertz CT molecular complexity index is 2050. The molecule has 0 aliphatic carbocycles. The van der Waals surface area contributed by atoms with Gasteiger partial charge in [0.05, 0.1) is 19.8 Å². The summed E-state index contributed by atoms with van der Waals surface area (Å²) in [7, 11) is 0. The number of amides is 3. The van der Waals surface area contributed by atoms with Crippen LogP contribution in [0.25, 0.3) is 33.1 Å². The van der Waals surface area contributed by atoms with Gasteiger partial charge in [-0.25, -0.2) is 44.3 Å². The molecule has 6 aromatic heterocycles. The zero-order valence-corrected chi connectivity index (χ0v) is 30.9. The van der Waals surface area contributed by atoms with Crippen molar-refractivity contribution in [2.24, 2.45) is 0 Å². The highest BCUT2D eigenvalue weighted by molar-refractivity contribution is 5.87. The number of hydrogen-bond acceptors (Lipinski definition) is 13. The third kappa shape index (κ3) is 11.5. The number of aryl methyl sites for hydroxylation is 3. The van der Waals surface area contributed by atoms with Crippen LogP contribution in [0.4, 0.5) is 31.8 Å². The van der Waals surface area contributed by atoms with E-state index in [1.165, 1.54) is 0 Å². The van der Waals surface area contributed by atoms with Gasteiger partial charge in [0.1, 0.15) is 17.5 Å². The van der Waals surface area contributed by atoms with E-state index in [1.54, 1.807) is 18.2 Å². The molecule has 6 aromatic rings. The van der Waals surface area contributed by atoms with Crippen molar-refractivity contribution >= 4 is 68.8 Å². The van der Waals surface area contributed by atoms with Gasteiger partial charge in [0.25, 0.3) is 0 Å². The summed E-state index contributed by atoms with van der Waals surface area (Å²) in [6.07, 6.45) is -0.269. The number of aromatic nitrogens is 6. The Balaban J connectivity index is 0.950. The number of nitrogens with zero attached hydrogens (tertiary/aromatic N) is 7. The lowest BCUT2D eigenvalue weighted by atomic mass is 10.2. The van der Waals surface area contributed by atoms with E-state index in [0.29, 0.717) is 73.3 Å². The average Bonchev–Trinajstić information content (AvgIpc) is 3.16. The van der Waals surface area contributed by atoms with Gasteiger partial charge in [-0.1, -0.05) is 0 Å². The smallest absolute Gasteiger partial charge is 0.412 e. The largest absolute Gasteiger partial charge is 0.449 e. The Morgan fingerprint density at radius 1 is 0.455 bits per heavy atom. The molecule has 3 amide bonds. The van der Waals surface area contributed by atoms with E-state index < -0.39 is 18.3 Å². The standard InChI is InChI=1S/C39H42N10O6/c1-25-7-10-28-13-16-31(43-34(28)40-25)46-37(50)53-22-4-19-49(20-5-23-54-38(51)47-32-17-14-29-11-8-26(2)41-35(29)44-32)21-6-24-55-39(52)48-33-18-15-30-12-9-27(3)42-36(30)45-33/h7-18H,4-6,19-24H2,1-3H3,(H,40,43,46,50)(H,41,44,47,51)(H,42,45,48,52). The van der Waals surface area contributed by atoms with E-state index >= 15 is 0 Å². The van der Waals surface area contributed by atoms with Crippen molar-refractivity contribution < 1.29 is 28.6 Å². The molecular weight excluding hydrogens is 704 g/mol. The molecule has 6 heterocycles. The number of rotatable bonds is 15. The quantitative estimate of drug-likeness (QED) is 0.0721. The second-order valence-corrected chi connectivity index (χ2v) is 12.8. The number of anilines is 3. The summed E-state index contributed by atoms with van der Waals surface area (Å²) in [6.45, 7) is 7.82. The number of ether oxygens (including phenoxy) is 3. The molecule has 3 N–H and O–H groups in total. The second-order valence-electron chi connectivity index (χ2n) is 12.8. The molecule has 16 nitrogen and oxygen atoms in total. The van der Waals surface area contributed by atoms with Crippen LogP contribution >= 0.6 is 0 Å². The third-order valence-corrected chi connectivity index (χ3v) is 8.32. The van der Waals surface area contributed by atoms with Crippen LogP contribution in [0, 0.1) is 20.8 Å². The highest BCUT2D eigenvalue weighted by Gasteiger charge is 2.12. The Morgan fingerprint density at radius 2 is 0.745 bits per heavy atom. The van der Waals surface area contributed by atoms with Crippen molar-refractivity contribution in [3.8, 4) is 0 Å². The van der Waals surface area contributed by atoms with Gasteiger partial charge in [-0.3, -0.25) is 16.0 Å². The summed E-state index contributed by atoms with van der Waals surface area (Å²) in [5, 5.41) is 10.6. The van der Waals surface area contributed by atoms with Crippen LogP contribution in [0.15, 0.2) is 72.8 Å². The summed E-state index contributed by atoms with van der Waals surface area (Å²) >= 11 is 0. The highest BCUT2D eigenvalue weighted by atomic mass is 16.6. The fourth-order valence-electron chi connectivity index (χ4n) is 5.61. The Morgan fingerprint density at radius 3 is 1.05 bits per heavy atom. The molecule has 55 heavy (non-hydrogen) atoms. The van der Waals surface area contributed by atoms with Crippen molar-refractivity contribution in [2.75, 3.05) is 55.4 Å². The molecule has 0 aliphatic rings. The lowest BCUT2D eigenvalue weighted by Gasteiger charge is -2.22. The van der Waals surface area contributed by atoms with Gasteiger partial charge in [-0.15, -0.1) is 0 Å². The van der Waals surface area contributed by atoms with Crippen molar-refractivity contribution in [3.05, 3.63) is 89.9 Å². The third-order valence-electron chi connectivity index (χ3n) is 8.32. The summed E-state index contributed by atoms with van der Waals surface area (Å²) < 4.78 is 16.2. The number of carbonyl (C=O) groups is 3. The summed E-state index contributed by atoms with van der Waals surface area (Å²) in [5.74, 6) is 1.03. The minimum atomic E-state index is -0.622. The first-order chi connectivity index (χ1) is 26.7. The Kier molecular flexibility index (Phi) is 12.8. The predicted octanol–water partition coefficient (Wildman–Crippen LogP) is 6.96. The predicted molar refractivity (Wildman–Crippen MR) is 208 cm³/mol. The maximum absolute atomic E-state index is 12.5. The van der Waals surface area contributed by atoms with E-state index in [4.69, 9.17) is 14.2 Å². The molecule has 0 fully saturated rings. The Hall–Kier alpha value is -6.55. The first-order valence-corrected chi connectivity index (χ1v) is 17.9. The van der Waals surface area contributed by atoms with Crippen LogP contribution in [-0.4, -0.2) is 92.5 Å². The van der Waals surface area contributed by atoms with Crippen molar-refractivity contribution in [3.63, 3.8) is 0 Å². The maximum atomic E-state index is 12.5. The maximum Gasteiger partial charge on any atom is 0.412 e. The monoisotopic (exact) mass is 746 g/mol. The molecule has 0 saturated carbocycles. The zero-order chi connectivity index (χ0) is 38.6. The van der Waals surface area contributed by atoms with Gasteiger partial charge in [-0.05, 0) is 113 Å². The fraction of sp³-hybridized carbons (Fsp3) is 0.308. The Labute approximate surface area is 317 Å². The lowest BCUT2D eigenvalue weighted by molar-refractivity contribution is 0.135. The van der Waals surface area contributed by atoms with Crippen molar-refractivity contribution in [1.29, 1.82) is 0 Å². The van der Waals surface area contributed by atoms with Crippen LogP contribution in [0.3, 0.4) is 0 Å². The van der Waals surface area contributed by atoms with Crippen molar-refractivity contribution in [2.45, 2.75) is 40.0 Å². The minimum absolute atomic E-state index is 0.158. The number of carbonyl (C=O) groups excluding carboxylic acids is 3. The van der Waals surface area contributed by atoms with E-state index in [0.717, 1.165) is 33.2 Å². The second kappa shape index (κ2) is 18.5. The molecule has 0 aliphatic heterocycles. The molecule has 0 bridgehead atoms. The first-order valence-electron chi connectivity index (χ1n) is 17.9. The van der Waals surface area contributed by atoms with Crippen LogP contribution < -0.4 is 16.0 Å². The van der Waals surface area contributed by atoms with Gasteiger partial charge in [0.15, 0.2) is 16.9 Å². The summed E-state index contributed by atoms with van der Waals surface area (Å²) in [4.78, 5) is 66.0. The van der Waals surface area contributed by atoms with Gasteiger partial charge in [0.2, 0.25) is 0 Å². The number of pyridine rings is 6. The molecule has 16 heteroatoms. The number of fused-ring (bicyclic) bond motifs is 3. The lowest BCUT2D eigenvalue weighted by Crippen LogP contribution is -2.30. The van der Waals surface area contributed by atoms with Crippen LogP contribution in [-0.2, 0) is 14.2 Å². The first kappa shape index (κ1) is 38.2. The average molecular weight is 747 g/mol. The van der Waals surface area contributed by atoms with E-state index in [9.17, 15) is 14.4 Å². The van der Waals surface area contributed by atoms with Crippen LogP contribution in [0.2, 0.25) is 0 Å². The zero-order valence-electron chi connectivity index (χ0n) is 30.9. The van der Waals surface area contributed by atoms with Crippen LogP contribution in [0.5, 0.6) is 0 Å². The van der Waals surface area contributed by atoms with Gasteiger partial charge in [-0.2, -0.15) is 0 Å². The summed E-state index contributed by atoms with van der Waals surface area (Å²) in [5.41, 5.74) is 4.08. The SMILES string of the molecule is Cc1ccc2ccc(NC(=O)OCCCN(CCCOC(=O)Nc3ccc4ccc(C)nc4n3)CCCOC(=O)Nc3ccc4ccc(C)nc4n3)nc2n1. The fourth-order valence-corrected chi connectivity index (χ4v) is 5.61. The summed E-state index contributed by atoms with van der Waals surface area (Å²) in [6, 6.07) is 22.0. The molecule has 284 valence electrons. The normalized spacial score (nSPS) is 11.1. The van der Waals surface area contributed by atoms with E-state index in [1.807, 2.05) is 75.4 Å². The molecule has 0 atom stereocenters. The molecule has 0 aromatic carbocycles. The molecule has 0 radical (unpaired) electrons.